The van der Waals surface area contributed by atoms with Crippen molar-refractivity contribution < 1.29 is 8.98 Å². The summed E-state index contributed by atoms with van der Waals surface area (Å²) in [5, 5.41) is 2.66. The van der Waals surface area contributed by atoms with Crippen molar-refractivity contribution in [3.05, 3.63) is 30.5 Å². The molecule has 0 saturated heterocycles. The van der Waals surface area contributed by atoms with E-state index in [4.69, 9.17) is 4.18 Å². The van der Waals surface area contributed by atoms with Gasteiger partial charge in [-0.05, 0) is 12.1 Å². The number of fused-ring (bicyclic) bond motifs is 1. The van der Waals surface area contributed by atoms with Gasteiger partial charge in [-0.1, -0.05) is 12.1 Å². The van der Waals surface area contributed by atoms with E-state index >= 15 is 0 Å². The van der Waals surface area contributed by atoms with Crippen molar-refractivity contribution in [2.24, 2.45) is 0 Å². The number of amides is 1. The zero-order valence-electron chi connectivity index (χ0n) is 9.21. The zero-order valence-corrected chi connectivity index (χ0v) is 10.0. The molecule has 6 heteroatoms. The summed E-state index contributed by atoms with van der Waals surface area (Å²) in [6.07, 6.45) is 1.54. The number of nitrogens with zero attached hydrogens (tertiary/aromatic N) is 2. The third-order valence-electron chi connectivity index (χ3n) is 2.02. The van der Waals surface area contributed by atoms with E-state index in [1.807, 2.05) is 24.3 Å². The molecule has 17 heavy (non-hydrogen) atoms. The maximum absolute atomic E-state index is 11.4. The van der Waals surface area contributed by atoms with E-state index in [0.29, 0.717) is 5.82 Å². The lowest BCUT2D eigenvalue weighted by Gasteiger charge is -2.04. The monoisotopic (exact) mass is 249 g/mol. The van der Waals surface area contributed by atoms with Gasteiger partial charge < -0.3 is 9.50 Å². The minimum Gasteiger partial charge on any atom is -0.318 e. The second-order valence-corrected chi connectivity index (χ2v) is 4.08. The summed E-state index contributed by atoms with van der Waals surface area (Å²) in [5.74, 6) is 0.511. The van der Waals surface area contributed by atoms with Crippen molar-refractivity contribution in [2.75, 3.05) is 18.2 Å². The van der Waals surface area contributed by atoms with Crippen LogP contribution in [0.4, 0.5) is 5.82 Å². The number of para-hydroxylation sites is 2. The number of carbonyl (C=O) groups excluding carboxylic acids is 1. The average Bonchev–Trinajstić information content (AvgIpc) is 2.36. The molecule has 1 heterocycles. The van der Waals surface area contributed by atoms with Crippen molar-refractivity contribution in [1.29, 1.82) is 0 Å². The van der Waals surface area contributed by atoms with Crippen molar-refractivity contribution in [1.82, 2.24) is 9.97 Å². The number of nitrogens with one attached hydrogen (secondary N) is 1. The first kappa shape index (κ1) is 11.8. The fraction of sp³-hybridized carbons (Fsp3) is 0.182. The maximum Gasteiger partial charge on any atom is 0.237 e. The molecule has 2 rings (SSSR count). The van der Waals surface area contributed by atoms with Crippen LogP contribution in [0.25, 0.3) is 11.0 Å². The third kappa shape index (κ3) is 3.15. The van der Waals surface area contributed by atoms with E-state index in [2.05, 4.69) is 15.3 Å². The van der Waals surface area contributed by atoms with Crippen LogP contribution < -0.4 is 5.32 Å². The first-order valence-electron chi connectivity index (χ1n) is 4.97. The van der Waals surface area contributed by atoms with Crippen LogP contribution in [0.15, 0.2) is 30.5 Å². The largest absolute Gasteiger partial charge is 0.318 e. The first-order valence-corrected chi connectivity index (χ1v) is 5.88. The zero-order chi connectivity index (χ0) is 12.1. The van der Waals surface area contributed by atoms with Crippen LogP contribution in [-0.4, -0.2) is 28.7 Å². The van der Waals surface area contributed by atoms with Crippen LogP contribution in [0.1, 0.15) is 0 Å². The van der Waals surface area contributed by atoms with Gasteiger partial charge in [0.2, 0.25) is 5.91 Å². The molecule has 0 aliphatic carbocycles. The second-order valence-electron chi connectivity index (χ2n) is 3.22. The highest BCUT2D eigenvalue weighted by atomic mass is 32.2. The maximum atomic E-state index is 11.4. The molecule has 0 aliphatic heterocycles. The molecule has 2 aromatic rings. The van der Waals surface area contributed by atoms with Crippen LogP contribution in [0.5, 0.6) is 0 Å². The van der Waals surface area contributed by atoms with E-state index in [-0.39, 0.29) is 11.7 Å². The van der Waals surface area contributed by atoms with Gasteiger partial charge in [-0.25, -0.2) is 4.98 Å². The van der Waals surface area contributed by atoms with Crippen LogP contribution >= 0.6 is 12.0 Å². The van der Waals surface area contributed by atoms with Gasteiger partial charge >= 0.3 is 0 Å². The van der Waals surface area contributed by atoms with Gasteiger partial charge in [0.15, 0.2) is 5.82 Å². The summed E-state index contributed by atoms with van der Waals surface area (Å²) < 4.78 is 4.74. The Morgan fingerprint density at radius 3 is 2.94 bits per heavy atom. The van der Waals surface area contributed by atoms with Gasteiger partial charge in [-0.15, -0.1) is 0 Å². The van der Waals surface area contributed by atoms with Crippen molar-refractivity contribution in [2.45, 2.75) is 0 Å². The molecule has 0 unspecified atom stereocenters. The van der Waals surface area contributed by atoms with Gasteiger partial charge in [0, 0.05) is 12.0 Å². The van der Waals surface area contributed by atoms with E-state index in [9.17, 15) is 4.79 Å². The van der Waals surface area contributed by atoms with Gasteiger partial charge in [0.25, 0.3) is 0 Å². The molecule has 1 aromatic heterocycles. The number of hydrogen-bond donors (Lipinski definition) is 1. The summed E-state index contributed by atoms with van der Waals surface area (Å²) in [7, 11) is 1.52. The van der Waals surface area contributed by atoms with Crippen LogP contribution in [0.3, 0.4) is 0 Å². The minimum absolute atomic E-state index is 0.165. The standard InChI is InChI=1S/C11H11N3O2S/c1-16-17-7-11(15)14-10-6-12-8-4-2-3-5-9(8)13-10/h2-6H,7H2,1H3,(H,13,14,15). The Kier molecular flexibility index (Phi) is 3.89. The smallest absolute Gasteiger partial charge is 0.237 e. The number of rotatable bonds is 4. The van der Waals surface area contributed by atoms with Crippen LogP contribution in [0.2, 0.25) is 0 Å². The van der Waals surface area contributed by atoms with E-state index < -0.39 is 0 Å². The molecule has 1 aromatic carbocycles. The molecule has 1 N–H and O–H groups in total. The predicted molar refractivity (Wildman–Crippen MR) is 67.6 cm³/mol. The van der Waals surface area contributed by atoms with E-state index in [1.54, 1.807) is 0 Å². The first-order chi connectivity index (χ1) is 8.29. The quantitative estimate of drug-likeness (QED) is 0.838. The number of hydrogen-bond acceptors (Lipinski definition) is 5. The van der Waals surface area contributed by atoms with E-state index in [1.165, 1.54) is 13.3 Å². The normalized spacial score (nSPS) is 10.4. The number of anilines is 1. The van der Waals surface area contributed by atoms with Gasteiger partial charge in [0.05, 0.1) is 30.1 Å². The number of aromatic nitrogens is 2. The van der Waals surface area contributed by atoms with E-state index in [0.717, 1.165) is 23.1 Å². The summed E-state index contributed by atoms with van der Waals surface area (Å²) in [6.45, 7) is 0. The molecule has 0 bridgehead atoms. The Bertz CT molecular complexity index is 533. The van der Waals surface area contributed by atoms with Crippen molar-refractivity contribution in [3.8, 4) is 0 Å². The molecule has 0 atom stereocenters. The lowest BCUT2D eigenvalue weighted by Crippen LogP contribution is -2.15. The fourth-order valence-electron chi connectivity index (χ4n) is 1.31. The van der Waals surface area contributed by atoms with Gasteiger partial charge in [-0.3, -0.25) is 9.78 Å². The van der Waals surface area contributed by atoms with Crippen LogP contribution in [0, 0.1) is 0 Å². The summed E-state index contributed by atoms with van der Waals surface area (Å²) in [6, 6.07) is 7.49. The van der Waals surface area contributed by atoms with Gasteiger partial charge in [0.1, 0.15) is 0 Å². The topological polar surface area (TPSA) is 64.1 Å². The lowest BCUT2D eigenvalue weighted by molar-refractivity contribution is -0.113. The van der Waals surface area contributed by atoms with Crippen molar-refractivity contribution >= 4 is 34.8 Å². The molecule has 1 amide bonds. The highest BCUT2D eigenvalue weighted by molar-refractivity contribution is 7.95. The Hall–Kier alpha value is -1.66. The molecular formula is C11H11N3O2S. The van der Waals surface area contributed by atoms with Crippen LogP contribution in [-0.2, 0) is 8.98 Å². The molecular weight excluding hydrogens is 238 g/mol. The Balaban J connectivity index is 2.11. The Labute approximate surface area is 103 Å². The summed E-state index contributed by atoms with van der Waals surface area (Å²) in [4.78, 5) is 19.9. The lowest BCUT2D eigenvalue weighted by atomic mass is 10.3. The highest BCUT2D eigenvalue weighted by Gasteiger charge is 2.04. The summed E-state index contributed by atoms with van der Waals surface area (Å²) in [5.41, 5.74) is 1.56. The molecule has 88 valence electrons. The SMILES string of the molecule is COSCC(=O)Nc1cnc2ccccc2n1. The Morgan fingerprint density at radius 2 is 2.18 bits per heavy atom. The van der Waals surface area contributed by atoms with Gasteiger partial charge in [-0.2, -0.15) is 0 Å². The fourth-order valence-corrected chi connectivity index (χ4v) is 1.61. The minimum atomic E-state index is -0.165. The summed E-state index contributed by atoms with van der Waals surface area (Å²) >= 11 is 1.08. The average molecular weight is 249 g/mol. The number of carbonyl (C=O) groups is 1. The predicted octanol–water partition coefficient (Wildman–Crippen LogP) is 1.86. The third-order valence-corrected chi connectivity index (χ3v) is 2.64. The highest BCUT2D eigenvalue weighted by Crippen LogP contribution is 2.11. The molecule has 0 saturated carbocycles. The van der Waals surface area contributed by atoms with Crippen molar-refractivity contribution in [3.63, 3.8) is 0 Å². The Morgan fingerprint density at radius 1 is 1.41 bits per heavy atom. The molecule has 0 aliphatic rings. The molecule has 0 fully saturated rings. The molecule has 5 nitrogen and oxygen atoms in total. The number of benzene rings is 1. The molecule has 0 radical (unpaired) electrons. The molecule has 0 spiro atoms. The second kappa shape index (κ2) is 5.60.